The lowest BCUT2D eigenvalue weighted by Crippen LogP contribution is -2.52. The average molecular weight is 336 g/mol. The van der Waals surface area contributed by atoms with Crippen LogP contribution in [0.15, 0.2) is 16.3 Å². The molecule has 1 heterocycles. The van der Waals surface area contributed by atoms with E-state index in [0.29, 0.717) is 32.6 Å². The van der Waals surface area contributed by atoms with Crippen molar-refractivity contribution in [3.05, 3.63) is 11.3 Å². The number of ketones is 1. The maximum atomic E-state index is 12.6. The Kier molecular flexibility index (Phi) is 6.08. The van der Waals surface area contributed by atoms with Gasteiger partial charge < -0.3 is 20.6 Å². The maximum absolute atomic E-state index is 12.6. The summed E-state index contributed by atoms with van der Waals surface area (Å²) in [5.74, 6) is -0.607. The summed E-state index contributed by atoms with van der Waals surface area (Å²) in [6.45, 7) is 2.62. The zero-order valence-electron chi connectivity index (χ0n) is 14.0. The SMILES string of the molecule is CC(=O)CN=C1CCC/C1=C(/N)C(=O)N1CCN(C(=O)CO)CC1. The number of nitrogens with zero attached hydrogens (tertiary/aromatic N) is 3. The molecule has 0 aromatic carbocycles. The minimum absolute atomic E-state index is 0.0247. The molecule has 0 spiro atoms. The van der Waals surface area contributed by atoms with Crippen LogP contribution in [0.25, 0.3) is 0 Å². The molecule has 1 saturated carbocycles. The third-order valence-corrected chi connectivity index (χ3v) is 4.29. The van der Waals surface area contributed by atoms with E-state index in [1.165, 1.54) is 11.8 Å². The molecule has 1 aliphatic heterocycles. The highest BCUT2D eigenvalue weighted by molar-refractivity contribution is 6.09. The van der Waals surface area contributed by atoms with Gasteiger partial charge in [-0.3, -0.25) is 19.4 Å². The predicted molar refractivity (Wildman–Crippen MR) is 88.3 cm³/mol. The van der Waals surface area contributed by atoms with Crippen LogP contribution in [-0.4, -0.2) is 77.5 Å². The van der Waals surface area contributed by atoms with Crippen LogP contribution in [-0.2, 0) is 14.4 Å². The number of hydrogen-bond donors (Lipinski definition) is 2. The molecule has 1 aliphatic carbocycles. The molecule has 8 nitrogen and oxygen atoms in total. The molecule has 0 bridgehead atoms. The van der Waals surface area contributed by atoms with Crippen molar-refractivity contribution in [2.75, 3.05) is 39.3 Å². The first kappa shape index (κ1) is 18.1. The average Bonchev–Trinajstić information content (AvgIpc) is 3.06. The molecule has 2 amide bonds. The monoisotopic (exact) mass is 336 g/mol. The van der Waals surface area contributed by atoms with Crippen molar-refractivity contribution in [2.24, 2.45) is 10.7 Å². The van der Waals surface area contributed by atoms with Gasteiger partial charge in [-0.25, -0.2) is 0 Å². The standard InChI is InChI=1S/C16H24N4O4/c1-11(22)9-18-13-4-2-3-12(13)15(17)16(24)20-7-5-19(6-8-20)14(23)10-21/h21H,2-10,17H2,1H3/b15-12-,18-13?. The van der Waals surface area contributed by atoms with Crippen molar-refractivity contribution >= 4 is 23.3 Å². The molecule has 24 heavy (non-hydrogen) atoms. The summed E-state index contributed by atoms with van der Waals surface area (Å²) in [6, 6.07) is 0. The molecule has 132 valence electrons. The van der Waals surface area contributed by atoms with E-state index in [1.807, 2.05) is 0 Å². The first-order chi connectivity index (χ1) is 11.4. The summed E-state index contributed by atoms with van der Waals surface area (Å²) in [7, 11) is 0. The van der Waals surface area contributed by atoms with E-state index in [2.05, 4.69) is 4.99 Å². The van der Waals surface area contributed by atoms with Gasteiger partial charge in [0.05, 0.1) is 6.54 Å². The summed E-state index contributed by atoms with van der Waals surface area (Å²) in [6.07, 6.45) is 2.30. The highest BCUT2D eigenvalue weighted by atomic mass is 16.3. The van der Waals surface area contributed by atoms with E-state index in [0.717, 1.165) is 24.1 Å². The van der Waals surface area contributed by atoms with Gasteiger partial charge in [0.2, 0.25) is 5.91 Å². The minimum atomic E-state index is -0.518. The maximum Gasteiger partial charge on any atom is 0.270 e. The van der Waals surface area contributed by atoms with Crippen LogP contribution < -0.4 is 5.73 Å². The number of aliphatic hydroxyl groups is 1. The van der Waals surface area contributed by atoms with Gasteiger partial charge in [0, 0.05) is 37.5 Å². The molecule has 0 unspecified atom stereocenters. The van der Waals surface area contributed by atoms with Gasteiger partial charge in [-0.15, -0.1) is 0 Å². The third-order valence-electron chi connectivity index (χ3n) is 4.29. The Morgan fingerprint density at radius 3 is 2.33 bits per heavy atom. The number of amides is 2. The van der Waals surface area contributed by atoms with Crippen LogP contribution >= 0.6 is 0 Å². The molecule has 3 N–H and O–H groups in total. The topological polar surface area (TPSA) is 116 Å². The summed E-state index contributed by atoms with van der Waals surface area (Å²) in [5, 5.41) is 8.88. The van der Waals surface area contributed by atoms with Crippen molar-refractivity contribution < 1.29 is 19.5 Å². The molecule has 0 aromatic heterocycles. The quantitative estimate of drug-likeness (QED) is 0.644. The van der Waals surface area contributed by atoms with Crippen molar-refractivity contribution in [1.82, 2.24) is 9.80 Å². The lowest BCUT2D eigenvalue weighted by atomic mass is 10.1. The molecular formula is C16H24N4O4. The third kappa shape index (κ3) is 4.19. The fourth-order valence-electron chi connectivity index (χ4n) is 2.96. The molecule has 2 rings (SSSR count). The van der Waals surface area contributed by atoms with E-state index in [-0.39, 0.29) is 29.8 Å². The Balaban J connectivity index is 2.05. The second-order valence-corrected chi connectivity index (χ2v) is 6.04. The van der Waals surface area contributed by atoms with E-state index < -0.39 is 6.61 Å². The number of piperazine rings is 1. The number of nitrogens with two attached hydrogens (primary N) is 1. The Bertz CT molecular complexity index is 589. The summed E-state index contributed by atoms with van der Waals surface area (Å²) < 4.78 is 0. The largest absolute Gasteiger partial charge is 0.394 e. The second-order valence-electron chi connectivity index (χ2n) is 6.04. The van der Waals surface area contributed by atoms with Gasteiger partial charge in [-0.05, 0) is 26.2 Å². The van der Waals surface area contributed by atoms with Crippen LogP contribution in [0.2, 0.25) is 0 Å². The number of carbonyl (C=O) groups excluding carboxylic acids is 3. The zero-order valence-corrected chi connectivity index (χ0v) is 14.0. The number of Topliss-reactive ketones (excluding diaryl/α,β-unsaturated/α-hetero) is 1. The lowest BCUT2D eigenvalue weighted by molar-refractivity contribution is -0.139. The van der Waals surface area contributed by atoms with Gasteiger partial charge in [-0.2, -0.15) is 0 Å². The Morgan fingerprint density at radius 1 is 1.12 bits per heavy atom. The molecule has 8 heteroatoms. The number of carbonyl (C=O) groups is 3. The molecule has 0 aromatic rings. The fourth-order valence-corrected chi connectivity index (χ4v) is 2.96. The van der Waals surface area contributed by atoms with Crippen molar-refractivity contribution in [3.8, 4) is 0 Å². The number of allylic oxidation sites excluding steroid dienone is 1. The smallest absolute Gasteiger partial charge is 0.270 e. The molecule has 2 aliphatic rings. The minimum Gasteiger partial charge on any atom is -0.394 e. The second kappa shape index (κ2) is 8.05. The summed E-state index contributed by atoms with van der Waals surface area (Å²) in [4.78, 5) is 42.5. The van der Waals surface area contributed by atoms with Crippen molar-refractivity contribution in [3.63, 3.8) is 0 Å². The fraction of sp³-hybridized carbons (Fsp3) is 0.625. The summed E-state index contributed by atoms with van der Waals surface area (Å²) >= 11 is 0. The highest BCUT2D eigenvalue weighted by Gasteiger charge is 2.28. The first-order valence-corrected chi connectivity index (χ1v) is 8.13. The molecular weight excluding hydrogens is 312 g/mol. The van der Waals surface area contributed by atoms with Crippen molar-refractivity contribution in [2.45, 2.75) is 26.2 Å². The van der Waals surface area contributed by atoms with Crippen LogP contribution in [0.3, 0.4) is 0 Å². The summed E-state index contributed by atoms with van der Waals surface area (Å²) in [5.41, 5.74) is 7.76. The lowest BCUT2D eigenvalue weighted by Gasteiger charge is -2.34. The van der Waals surface area contributed by atoms with E-state index in [4.69, 9.17) is 10.8 Å². The molecule has 0 atom stereocenters. The number of rotatable bonds is 4. The Morgan fingerprint density at radius 2 is 1.75 bits per heavy atom. The van der Waals surface area contributed by atoms with Crippen LogP contribution in [0, 0.1) is 0 Å². The van der Waals surface area contributed by atoms with E-state index in [9.17, 15) is 14.4 Å². The van der Waals surface area contributed by atoms with Gasteiger partial charge in [0.15, 0.2) is 5.78 Å². The van der Waals surface area contributed by atoms with Gasteiger partial charge in [-0.1, -0.05) is 0 Å². The van der Waals surface area contributed by atoms with Crippen LogP contribution in [0.1, 0.15) is 26.2 Å². The number of aliphatic hydroxyl groups excluding tert-OH is 1. The molecule has 0 radical (unpaired) electrons. The Labute approximate surface area is 141 Å². The van der Waals surface area contributed by atoms with Gasteiger partial charge in [0.1, 0.15) is 12.3 Å². The molecule has 1 saturated heterocycles. The van der Waals surface area contributed by atoms with E-state index in [1.54, 1.807) is 4.90 Å². The molecule has 2 fully saturated rings. The highest BCUT2D eigenvalue weighted by Crippen LogP contribution is 2.24. The zero-order chi connectivity index (χ0) is 17.7. The van der Waals surface area contributed by atoms with Gasteiger partial charge >= 0.3 is 0 Å². The van der Waals surface area contributed by atoms with Crippen LogP contribution in [0.4, 0.5) is 0 Å². The first-order valence-electron chi connectivity index (χ1n) is 8.13. The number of aliphatic imine (C=N–C) groups is 1. The van der Waals surface area contributed by atoms with Crippen molar-refractivity contribution in [1.29, 1.82) is 0 Å². The van der Waals surface area contributed by atoms with Crippen LogP contribution in [0.5, 0.6) is 0 Å². The normalized spacial score (nSPS) is 22.0. The Hall–Kier alpha value is -2.22. The number of hydrogen-bond acceptors (Lipinski definition) is 6. The van der Waals surface area contributed by atoms with E-state index >= 15 is 0 Å². The predicted octanol–water partition coefficient (Wildman–Crippen LogP) is -0.924. The van der Waals surface area contributed by atoms with Gasteiger partial charge in [0.25, 0.3) is 5.91 Å².